The second-order valence-corrected chi connectivity index (χ2v) is 3.85. The van der Waals surface area contributed by atoms with Crippen molar-refractivity contribution in [3.05, 3.63) is 28.0 Å². The van der Waals surface area contributed by atoms with Gasteiger partial charge >= 0.3 is 6.18 Å². The largest absolute Gasteiger partial charge is 0.418 e. The van der Waals surface area contributed by atoms with E-state index >= 15 is 0 Å². The predicted molar refractivity (Wildman–Crippen MR) is 53.4 cm³/mol. The lowest BCUT2D eigenvalue weighted by atomic mass is 10.1. The zero-order valence-electron chi connectivity index (χ0n) is 7.95. The van der Waals surface area contributed by atoms with E-state index in [1.807, 2.05) is 5.32 Å². The van der Waals surface area contributed by atoms with E-state index < -0.39 is 29.2 Å². The zero-order valence-corrected chi connectivity index (χ0v) is 9.54. The molecule has 1 aromatic rings. The van der Waals surface area contributed by atoms with Crippen molar-refractivity contribution >= 4 is 27.5 Å². The average molecular weight is 300 g/mol. The smallest absolute Gasteiger partial charge is 0.326 e. The van der Waals surface area contributed by atoms with Crippen LogP contribution in [0.15, 0.2) is 16.6 Å². The Labute approximate surface area is 96.8 Å². The highest BCUT2D eigenvalue weighted by molar-refractivity contribution is 9.10. The molecule has 88 valence electrons. The van der Waals surface area contributed by atoms with E-state index in [4.69, 9.17) is 0 Å². The topological polar surface area (TPSA) is 29.1 Å². The molecule has 0 heterocycles. The van der Waals surface area contributed by atoms with Gasteiger partial charge in [0.15, 0.2) is 0 Å². The van der Waals surface area contributed by atoms with Crippen molar-refractivity contribution in [2.45, 2.75) is 13.1 Å². The van der Waals surface area contributed by atoms with Crippen LogP contribution in [0.1, 0.15) is 12.5 Å². The highest BCUT2D eigenvalue weighted by Gasteiger charge is 2.34. The molecule has 7 heteroatoms. The standard InChI is InChI=1S/C9H6BrF4NO/c1-4(16)15-8-3-6(10)7(11)2-5(8)9(12,13)14/h2-3H,1H3,(H,15,16). The lowest BCUT2D eigenvalue weighted by molar-refractivity contribution is -0.137. The molecule has 1 N–H and O–H groups in total. The summed E-state index contributed by atoms with van der Waals surface area (Å²) in [5, 5.41) is 1.99. The molecule has 0 fully saturated rings. The maximum Gasteiger partial charge on any atom is 0.418 e. The van der Waals surface area contributed by atoms with Crippen molar-refractivity contribution in [2.75, 3.05) is 5.32 Å². The monoisotopic (exact) mass is 299 g/mol. The number of amides is 1. The lowest BCUT2D eigenvalue weighted by Crippen LogP contribution is -2.14. The van der Waals surface area contributed by atoms with Crippen LogP contribution in [0.2, 0.25) is 0 Å². The summed E-state index contributed by atoms with van der Waals surface area (Å²) < 4.78 is 50.3. The summed E-state index contributed by atoms with van der Waals surface area (Å²) in [7, 11) is 0. The fourth-order valence-electron chi connectivity index (χ4n) is 1.07. The first-order chi connectivity index (χ1) is 7.21. The average Bonchev–Trinajstić information content (AvgIpc) is 2.08. The molecule has 0 bridgehead atoms. The summed E-state index contributed by atoms with van der Waals surface area (Å²) in [5.41, 5.74) is -1.70. The van der Waals surface area contributed by atoms with Gasteiger partial charge in [0.05, 0.1) is 15.7 Å². The minimum absolute atomic E-state index is 0.149. The summed E-state index contributed by atoms with van der Waals surface area (Å²) in [5.74, 6) is -1.70. The lowest BCUT2D eigenvalue weighted by Gasteiger charge is -2.13. The molecule has 0 unspecified atom stereocenters. The van der Waals surface area contributed by atoms with Gasteiger partial charge in [0, 0.05) is 6.92 Å². The molecule has 0 atom stereocenters. The van der Waals surface area contributed by atoms with Crippen molar-refractivity contribution in [3.63, 3.8) is 0 Å². The van der Waals surface area contributed by atoms with Crippen LogP contribution in [0.4, 0.5) is 23.2 Å². The normalized spacial score (nSPS) is 11.4. The Morgan fingerprint density at radius 1 is 1.38 bits per heavy atom. The molecular weight excluding hydrogens is 294 g/mol. The molecule has 0 aliphatic rings. The van der Waals surface area contributed by atoms with Crippen LogP contribution >= 0.6 is 15.9 Å². The Bertz CT molecular complexity index is 430. The minimum atomic E-state index is -4.72. The Balaban J connectivity index is 3.33. The molecule has 1 aromatic carbocycles. The van der Waals surface area contributed by atoms with Crippen LogP contribution in [-0.4, -0.2) is 5.91 Å². The first-order valence-corrected chi connectivity index (χ1v) is 4.85. The van der Waals surface area contributed by atoms with Gasteiger partial charge in [-0.15, -0.1) is 0 Å². The van der Waals surface area contributed by atoms with E-state index in [0.29, 0.717) is 6.07 Å². The van der Waals surface area contributed by atoms with Gasteiger partial charge in [-0.2, -0.15) is 13.2 Å². The maximum atomic E-state index is 13.0. The molecule has 1 amide bonds. The Morgan fingerprint density at radius 3 is 2.38 bits per heavy atom. The molecule has 1 rings (SSSR count). The van der Waals surface area contributed by atoms with Gasteiger partial charge in [0.2, 0.25) is 5.91 Å². The van der Waals surface area contributed by atoms with Crippen LogP contribution in [0, 0.1) is 5.82 Å². The van der Waals surface area contributed by atoms with Gasteiger partial charge in [-0.3, -0.25) is 4.79 Å². The fourth-order valence-corrected chi connectivity index (χ4v) is 1.42. The molecule has 0 saturated heterocycles. The van der Waals surface area contributed by atoms with Crippen molar-refractivity contribution in [1.82, 2.24) is 0 Å². The molecule has 0 radical (unpaired) electrons. The van der Waals surface area contributed by atoms with Gasteiger partial charge in [0.1, 0.15) is 5.82 Å². The van der Waals surface area contributed by atoms with Gasteiger partial charge in [-0.1, -0.05) is 0 Å². The number of hydrogen-bond donors (Lipinski definition) is 1. The zero-order chi connectivity index (χ0) is 12.5. The highest BCUT2D eigenvalue weighted by atomic mass is 79.9. The third kappa shape index (κ3) is 2.94. The predicted octanol–water partition coefficient (Wildman–Crippen LogP) is 3.57. The molecule has 0 aliphatic heterocycles. The van der Waals surface area contributed by atoms with Gasteiger partial charge in [-0.25, -0.2) is 4.39 Å². The summed E-state index contributed by atoms with van der Waals surface area (Å²) in [6, 6.07) is 1.20. The molecule has 16 heavy (non-hydrogen) atoms. The van der Waals surface area contributed by atoms with E-state index in [1.165, 1.54) is 0 Å². The number of anilines is 1. The Morgan fingerprint density at radius 2 is 1.94 bits per heavy atom. The molecule has 0 aliphatic carbocycles. The van der Waals surface area contributed by atoms with Crippen LogP contribution in [0.5, 0.6) is 0 Å². The molecule has 0 saturated carbocycles. The number of rotatable bonds is 1. The number of nitrogens with one attached hydrogen (secondary N) is 1. The fraction of sp³-hybridized carbons (Fsp3) is 0.222. The maximum absolute atomic E-state index is 13.0. The third-order valence-corrected chi connectivity index (χ3v) is 2.28. The molecule has 2 nitrogen and oxygen atoms in total. The Kier molecular flexibility index (Phi) is 3.57. The quantitative estimate of drug-likeness (QED) is 0.789. The second kappa shape index (κ2) is 4.40. The number of alkyl halides is 3. The first-order valence-electron chi connectivity index (χ1n) is 4.05. The molecule has 0 aromatic heterocycles. The van der Waals surface area contributed by atoms with Gasteiger partial charge in [-0.05, 0) is 28.1 Å². The minimum Gasteiger partial charge on any atom is -0.326 e. The molecular formula is C9H6BrF4NO. The van der Waals surface area contributed by atoms with Gasteiger partial charge < -0.3 is 5.32 Å². The van der Waals surface area contributed by atoms with Crippen molar-refractivity contribution in [3.8, 4) is 0 Å². The summed E-state index contributed by atoms with van der Waals surface area (Å²) in [6.45, 7) is 1.07. The van der Waals surface area contributed by atoms with E-state index in [2.05, 4.69) is 15.9 Å². The van der Waals surface area contributed by atoms with Crippen LogP contribution in [0.25, 0.3) is 0 Å². The van der Waals surface area contributed by atoms with Crippen LogP contribution in [0.3, 0.4) is 0 Å². The van der Waals surface area contributed by atoms with Crippen LogP contribution < -0.4 is 5.32 Å². The van der Waals surface area contributed by atoms with Gasteiger partial charge in [0.25, 0.3) is 0 Å². The number of benzene rings is 1. The third-order valence-electron chi connectivity index (χ3n) is 1.68. The van der Waals surface area contributed by atoms with E-state index in [0.717, 1.165) is 13.0 Å². The summed E-state index contributed by atoms with van der Waals surface area (Å²) in [4.78, 5) is 10.7. The number of carbonyl (C=O) groups excluding carboxylic acids is 1. The van der Waals surface area contributed by atoms with Crippen LogP contribution in [-0.2, 0) is 11.0 Å². The van der Waals surface area contributed by atoms with E-state index in [9.17, 15) is 22.4 Å². The Hall–Kier alpha value is -1.11. The number of hydrogen-bond acceptors (Lipinski definition) is 1. The summed E-state index contributed by atoms with van der Waals surface area (Å²) in [6.07, 6.45) is -4.72. The van der Waals surface area contributed by atoms with E-state index in [1.54, 1.807) is 0 Å². The van der Waals surface area contributed by atoms with Crippen molar-refractivity contribution in [1.29, 1.82) is 0 Å². The van der Waals surface area contributed by atoms with Crippen molar-refractivity contribution < 1.29 is 22.4 Å². The second-order valence-electron chi connectivity index (χ2n) is 2.99. The summed E-state index contributed by atoms with van der Waals surface area (Å²) >= 11 is 2.74. The SMILES string of the molecule is CC(=O)Nc1cc(Br)c(F)cc1C(F)(F)F. The number of halogens is 5. The highest BCUT2D eigenvalue weighted by Crippen LogP contribution is 2.37. The van der Waals surface area contributed by atoms with Crippen molar-refractivity contribution in [2.24, 2.45) is 0 Å². The number of carbonyl (C=O) groups is 1. The van der Waals surface area contributed by atoms with E-state index in [-0.39, 0.29) is 4.47 Å². The first kappa shape index (κ1) is 13.0. The molecule has 0 spiro atoms.